The minimum absolute atomic E-state index is 0.0294. The first-order valence-corrected chi connectivity index (χ1v) is 5.65. The number of ether oxygens (including phenoxy) is 3. The Balaban J connectivity index is 3.38. The second-order valence-electron chi connectivity index (χ2n) is 3.79. The van der Waals surface area contributed by atoms with Crippen molar-refractivity contribution in [3.05, 3.63) is 16.7 Å². The van der Waals surface area contributed by atoms with Gasteiger partial charge in [-0.1, -0.05) is 11.6 Å². The maximum Gasteiger partial charge on any atom is 0.165 e. The summed E-state index contributed by atoms with van der Waals surface area (Å²) in [6.07, 6.45) is 0.593. The van der Waals surface area contributed by atoms with Crippen LogP contribution in [0.2, 0.25) is 5.02 Å². The lowest BCUT2D eigenvalue weighted by molar-refractivity contribution is 0.345. The van der Waals surface area contributed by atoms with Crippen molar-refractivity contribution in [3.8, 4) is 17.2 Å². The van der Waals surface area contributed by atoms with E-state index in [1.807, 2.05) is 6.92 Å². The van der Waals surface area contributed by atoms with Gasteiger partial charge in [0.2, 0.25) is 0 Å². The zero-order valence-electron chi connectivity index (χ0n) is 10.5. The second kappa shape index (κ2) is 5.98. The number of rotatable bonds is 5. The Morgan fingerprint density at radius 1 is 1.18 bits per heavy atom. The Bertz CT molecular complexity index is 394. The van der Waals surface area contributed by atoms with Crippen molar-refractivity contribution in [2.45, 2.75) is 19.4 Å². The maximum absolute atomic E-state index is 6.25. The lowest BCUT2D eigenvalue weighted by Crippen LogP contribution is -2.18. The van der Waals surface area contributed by atoms with Crippen LogP contribution in [0, 0.1) is 0 Å². The number of benzene rings is 1. The van der Waals surface area contributed by atoms with Gasteiger partial charge in [-0.05, 0) is 13.3 Å². The SMILES string of the molecule is COc1cc(OC)c(OC)c(CC(C)N)c1Cl. The van der Waals surface area contributed by atoms with Gasteiger partial charge < -0.3 is 19.9 Å². The number of methoxy groups -OCH3 is 3. The van der Waals surface area contributed by atoms with Gasteiger partial charge in [-0.2, -0.15) is 0 Å². The van der Waals surface area contributed by atoms with Crippen molar-refractivity contribution in [1.29, 1.82) is 0 Å². The van der Waals surface area contributed by atoms with Crippen LogP contribution >= 0.6 is 11.6 Å². The Hall–Kier alpha value is -1.13. The van der Waals surface area contributed by atoms with Crippen LogP contribution in [0.5, 0.6) is 17.2 Å². The summed E-state index contributed by atoms with van der Waals surface area (Å²) in [5.41, 5.74) is 6.61. The summed E-state index contributed by atoms with van der Waals surface area (Å²) in [6, 6.07) is 1.67. The van der Waals surface area contributed by atoms with Gasteiger partial charge >= 0.3 is 0 Å². The molecule has 1 aromatic carbocycles. The largest absolute Gasteiger partial charge is 0.495 e. The van der Waals surface area contributed by atoms with E-state index >= 15 is 0 Å². The van der Waals surface area contributed by atoms with E-state index in [9.17, 15) is 0 Å². The highest BCUT2D eigenvalue weighted by Gasteiger charge is 2.19. The zero-order chi connectivity index (χ0) is 13.0. The molecule has 1 unspecified atom stereocenters. The maximum atomic E-state index is 6.25. The number of nitrogens with two attached hydrogens (primary N) is 1. The molecule has 1 atom stereocenters. The molecule has 0 aromatic heterocycles. The second-order valence-corrected chi connectivity index (χ2v) is 4.17. The lowest BCUT2D eigenvalue weighted by Gasteiger charge is -2.18. The van der Waals surface area contributed by atoms with Gasteiger partial charge in [0.05, 0.1) is 26.4 Å². The van der Waals surface area contributed by atoms with Gasteiger partial charge in [0.25, 0.3) is 0 Å². The topological polar surface area (TPSA) is 53.7 Å². The van der Waals surface area contributed by atoms with Crippen LogP contribution in [0.3, 0.4) is 0 Å². The molecule has 0 fully saturated rings. The molecule has 0 bridgehead atoms. The summed E-state index contributed by atoms with van der Waals surface area (Å²) in [6.45, 7) is 1.90. The fraction of sp³-hybridized carbons (Fsp3) is 0.500. The van der Waals surface area contributed by atoms with Gasteiger partial charge in [0, 0.05) is 17.7 Å². The molecule has 0 radical (unpaired) electrons. The third-order valence-corrected chi connectivity index (χ3v) is 2.83. The molecule has 0 heterocycles. The highest BCUT2D eigenvalue weighted by Crippen LogP contribution is 2.42. The Morgan fingerprint density at radius 3 is 2.18 bits per heavy atom. The van der Waals surface area contributed by atoms with Gasteiger partial charge in [0.1, 0.15) is 5.75 Å². The molecule has 0 saturated carbocycles. The molecule has 0 amide bonds. The standard InChI is InChI=1S/C12H18ClNO3/c1-7(14)5-8-11(13)9(15-2)6-10(16-3)12(8)17-4/h6-7H,5,14H2,1-4H3. The summed E-state index contributed by atoms with van der Waals surface area (Å²) in [4.78, 5) is 0. The van der Waals surface area contributed by atoms with E-state index in [4.69, 9.17) is 31.5 Å². The van der Waals surface area contributed by atoms with Crippen LogP contribution in [-0.2, 0) is 6.42 Å². The first kappa shape index (κ1) is 13.9. The molecule has 17 heavy (non-hydrogen) atoms. The fourth-order valence-electron chi connectivity index (χ4n) is 1.67. The highest BCUT2D eigenvalue weighted by atomic mass is 35.5. The molecule has 0 spiro atoms. The smallest absolute Gasteiger partial charge is 0.165 e. The predicted octanol–water partition coefficient (Wildman–Crippen LogP) is 2.26. The third-order valence-electron chi connectivity index (χ3n) is 2.41. The van der Waals surface area contributed by atoms with E-state index in [2.05, 4.69) is 0 Å². The summed E-state index contributed by atoms with van der Waals surface area (Å²) in [7, 11) is 4.70. The summed E-state index contributed by atoms with van der Waals surface area (Å²) >= 11 is 6.25. The molecule has 5 heteroatoms. The number of hydrogen-bond donors (Lipinski definition) is 1. The third kappa shape index (κ3) is 2.96. The van der Waals surface area contributed by atoms with E-state index in [1.165, 1.54) is 0 Å². The van der Waals surface area contributed by atoms with Crippen molar-refractivity contribution in [1.82, 2.24) is 0 Å². The molecule has 2 N–H and O–H groups in total. The van der Waals surface area contributed by atoms with E-state index in [0.717, 1.165) is 5.56 Å². The quantitative estimate of drug-likeness (QED) is 0.881. The minimum atomic E-state index is -0.0294. The molecular weight excluding hydrogens is 242 g/mol. The Kier molecular flexibility index (Phi) is 4.90. The molecule has 1 aromatic rings. The van der Waals surface area contributed by atoms with Crippen LogP contribution in [0.4, 0.5) is 0 Å². The molecule has 96 valence electrons. The van der Waals surface area contributed by atoms with Crippen molar-refractivity contribution < 1.29 is 14.2 Å². The highest BCUT2D eigenvalue weighted by molar-refractivity contribution is 6.33. The first-order chi connectivity index (χ1) is 8.04. The van der Waals surface area contributed by atoms with Crippen molar-refractivity contribution >= 4 is 11.6 Å². The van der Waals surface area contributed by atoms with E-state index in [0.29, 0.717) is 28.7 Å². The van der Waals surface area contributed by atoms with Crippen molar-refractivity contribution in [2.75, 3.05) is 21.3 Å². The van der Waals surface area contributed by atoms with Crippen molar-refractivity contribution in [2.24, 2.45) is 5.73 Å². The predicted molar refractivity (Wildman–Crippen MR) is 68.5 cm³/mol. The molecule has 4 nitrogen and oxygen atoms in total. The normalized spacial score (nSPS) is 12.1. The zero-order valence-corrected chi connectivity index (χ0v) is 11.3. The molecule has 0 aliphatic heterocycles. The average Bonchev–Trinajstić information content (AvgIpc) is 2.30. The van der Waals surface area contributed by atoms with Crippen LogP contribution < -0.4 is 19.9 Å². The monoisotopic (exact) mass is 259 g/mol. The van der Waals surface area contributed by atoms with Crippen LogP contribution in [0.25, 0.3) is 0 Å². The van der Waals surface area contributed by atoms with E-state index in [1.54, 1.807) is 27.4 Å². The molecular formula is C12H18ClNO3. The van der Waals surface area contributed by atoms with Crippen LogP contribution in [0.15, 0.2) is 6.07 Å². The fourth-order valence-corrected chi connectivity index (χ4v) is 1.97. The van der Waals surface area contributed by atoms with Crippen LogP contribution in [0.1, 0.15) is 12.5 Å². The van der Waals surface area contributed by atoms with Gasteiger partial charge in [-0.3, -0.25) is 0 Å². The van der Waals surface area contributed by atoms with Crippen LogP contribution in [-0.4, -0.2) is 27.4 Å². The van der Waals surface area contributed by atoms with E-state index < -0.39 is 0 Å². The van der Waals surface area contributed by atoms with Gasteiger partial charge in [-0.25, -0.2) is 0 Å². The molecule has 0 aliphatic carbocycles. The van der Waals surface area contributed by atoms with Crippen molar-refractivity contribution in [3.63, 3.8) is 0 Å². The lowest BCUT2D eigenvalue weighted by atomic mass is 10.1. The molecule has 1 rings (SSSR count). The average molecular weight is 260 g/mol. The number of hydrogen-bond acceptors (Lipinski definition) is 4. The molecule has 0 aliphatic rings. The summed E-state index contributed by atoms with van der Waals surface area (Å²) in [5.74, 6) is 1.75. The summed E-state index contributed by atoms with van der Waals surface area (Å²) in [5, 5.41) is 0.516. The first-order valence-electron chi connectivity index (χ1n) is 5.28. The number of halogens is 1. The van der Waals surface area contributed by atoms with Gasteiger partial charge in [0.15, 0.2) is 11.5 Å². The Labute approximate surface area is 107 Å². The molecule has 0 saturated heterocycles. The van der Waals surface area contributed by atoms with Gasteiger partial charge in [-0.15, -0.1) is 0 Å². The minimum Gasteiger partial charge on any atom is -0.495 e. The summed E-state index contributed by atoms with van der Waals surface area (Å²) < 4.78 is 15.8. The Morgan fingerprint density at radius 2 is 1.76 bits per heavy atom. The van der Waals surface area contributed by atoms with E-state index in [-0.39, 0.29) is 6.04 Å².